The van der Waals surface area contributed by atoms with E-state index in [1.807, 2.05) is 0 Å². The summed E-state index contributed by atoms with van der Waals surface area (Å²) in [7, 11) is 1.66. The summed E-state index contributed by atoms with van der Waals surface area (Å²) in [5, 5.41) is 10.8. The number of methoxy groups -OCH3 is 1. The fourth-order valence-electron chi connectivity index (χ4n) is 2.84. The number of hydrogen-bond acceptors (Lipinski definition) is 5. The highest BCUT2D eigenvalue weighted by Crippen LogP contribution is 2.27. The zero-order chi connectivity index (χ0) is 11.7. The van der Waals surface area contributed by atoms with Crippen LogP contribution < -0.4 is 10.2 Å². The second kappa shape index (κ2) is 4.62. The van der Waals surface area contributed by atoms with Gasteiger partial charge in [-0.1, -0.05) is 0 Å². The van der Waals surface area contributed by atoms with Crippen molar-refractivity contribution in [2.75, 3.05) is 31.6 Å². The number of hydrogen-bond donors (Lipinski definition) is 2. The Bertz CT molecular complexity index is 366. The Hall–Kier alpha value is -1.14. The zero-order valence-electron chi connectivity index (χ0n) is 10.1. The minimum atomic E-state index is 0.492. The van der Waals surface area contributed by atoms with Crippen molar-refractivity contribution in [3.05, 3.63) is 5.82 Å². The van der Waals surface area contributed by atoms with E-state index in [9.17, 15) is 0 Å². The Kier molecular flexibility index (Phi) is 2.98. The van der Waals surface area contributed by atoms with Gasteiger partial charge >= 0.3 is 0 Å². The summed E-state index contributed by atoms with van der Waals surface area (Å²) >= 11 is 0. The molecule has 0 radical (unpaired) electrons. The molecule has 1 aromatic rings. The van der Waals surface area contributed by atoms with E-state index in [4.69, 9.17) is 4.74 Å². The number of ether oxygens (including phenoxy) is 1. The van der Waals surface area contributed by atoms with Crippen molar-refractivity contribution in [1.29, 1.82) is 0 Å². The summed E-state index contributed by atoms with van der Waals surface area (Å²) < 4.78 is 5.03. The van der Waals surface area contributed by atoms with Crippen LogP contribution in [0, 0.1) is 5.92 Å². The van der Waals surface area contributed by atoms with E-state index in [0.29, 0.717) is 12.6 Å². The van der Waals surface area contributed by atoms with Crippen LogP contribution in [-0.2, 0) is 11.3 Å². The Morgan fingerprint density at radius 2 is 2.41 bits per heavy atom. The van der Waals surface area contributed by atoms with Gasteiger partial charge in [0.05, 0.1) is 0 Å². The van der Waals surface area contributed by atoms with E-state index in [-0.39, 0.29) is 0 Å². The lowest BCUT2D eigenvalue weighted by atomic mass is 9.94. The summed E-state index contributed by atoms with van der Waals surface area (Å²) in [5.74, 6) is 2.37. The van der Waals surface area contributed by atoms with Gasteiger partial charge in [-0.3, -0.25) is 5.10 Å². The van der Waals surface area contributed by atoms with Crippen LogP contribution in [0.25, 0.3) is 0 Å². The molecule has 0 spiro atoms. The summed E-state index contributed by atoms with van der Waals surface area (Å²) in [4.78, 5) is 6.71. The van der Waals surface area contributed by atoms with Gasteiger partial charge in [0.1, 0.15) is 6.61 Å². The Labute approximate surface area is 101 Å². The van der Waals surface area contributed by atoms with E-state index in [1.54, 1.807) is 7.11 Å². The van der Waals surface area contributed by atoms with E-state index in [2.05, 4.69) is 25.4 Å². The number of nitrogens with zero attached hydrogens (tertiary/aromatic N) is 3. The lowest BCUT2D eigenvalue weighted by Crippen LogP contribution is -2.40. The number of anilines is 1. The highest BCUT2D eigenvalue weighted by molar-refractivity contribution is 5.32. The molecule has 1 aromatic heterocycles. The third-order valence-corrected chi connectivity index (χ3v) is 3.68. The molecule has 2 saturated heterocycles. The van der Waals surface area contributed by atoms with Crippen molar-refractivity contribution in [3.63, 3.8) is 0 Å². The topological polar surface area (TPSA) is 66.1 Å². The molecule has 0 aliphatic carbocycles. The fourth-order valence-corrected chi connectivity index (χ4v) is 2.84. The van der Waals surface area contributed by atoms with E-state index in [0.717, 1.165) is 37.3 Å². The number of aromatic amines is 1. The quantitative estimate of drug-likeness (QED) is 0.783. The van der Waals surface area contributed by atoms with Crippen LogP contribution in [-0.4, -0.2) is 48.0 Å². The van der Waals surface area contributed by atoms with Crippen molar-refractivity contribution >= 4 is 5.95 Å². The van der Waals surface area contributed by atoms with Crippen LogP contribution in [0.5, 0.6) is 0 Å². The normalized spacial score (nSPS) is 28.4. The molecular formula is C11H19N5O. The van der Waals surface area contributed by atoms with Crippen molar-refractivity contribution < 1.29 is 4.74 Å². The molecule has 2 unspecified atom stereocenters. The fraction of sp³-hybridized carbons (Fsp3) is 0.818. The van der Waals surface area contributed by atoms with Gasteiger partial charge in [0, 0.05) is 26.2 Å². The van der Waals surface area contributed by atoms with Gasteiger partial charge in [-0.15, -0.1) is 5.10 Å². The third kappa shape index (κ3) is 2.14. The first-order valence-corrected chi connectivity index (χ1v) is 6.25. The first kappa shape index (κ1) is 11.0. The molecule has 2 fully saturated rings. The highest BCUT2D eigenvalue weighted by Gasteiger charge is 2.35. The monoisotopic (exact) mass is 237 g/mol. The SMILES string of the molecule is COCc1nc(N2CC3CCCNC3C2)n[nH]1. The smallest absolute Gasteiger partial charge is 0.244 e. The maximum atomic E-state index is 5.03. The van der Waals surface area contributed by atoms with Crippen molar-refractivity contribution in [1.82, 2.24) is 20.5 Å². The van der Waals surface area contributed by atoms with Gasteiger partial charge < -0.3 is 15.0 Å². The van der Waals surface area contributed by atoms with Gasteiger partial charge in [0.2, 0.25) is 5.95 Å². The number of aromatic nitrogens is 3. The maximum absolute atomic E-state index is 5.03. The molecule has 2 aliphatic heterocycles. The molecule has 0 bridgehead atoms. The number of H-pyrrole nitrogens is 1. The Morgan fingerprint density at radius 3 is 3.24 bits per heavy atom. The van der Waals surface area contributed by atoms with Gasteiger partial charge in [0.25, 0.3) is 0 Å². The van der Waals surface area contributed by atoms with Crippen LogP contribution in [0.2, 0.25) is 0 Å². The molecular weight excluding hydrogens is 218 g/mol. The van der Waals surface area contributed by atoms with Gasteiger partial charge in [0.15, 0.2) is 5.82 Å². The van der Waals surface area contributed by atoms with Crippen LogP contribution in [0.3, 0.4) is 0 Å². The minimum absolute atomic E-state index is 0.492. The number of fused-ring (bicyclic) bond motifs is 1. The summed E-state index contributed by atoms with van der Waals surface area (Å²) in [6.07, 6.45) is 2.61. The standard InChI is InChI=1S/C11H19N5O/c1-17-7-10-13-11(15-14-10)16-5-8-3-2-4-12-9(8)6-16/h8-9,12H,2-7H2,1H3,(H,13,14,15). The molecule has 94 valence electrons. The predicted molar refractivity (Wildman–Crippen MR) is 63.8 cm³/mol. The average molecular weight is 237 g/mol. The minimum Gasteiger partial charge on any atom is -0.377 e. The lowest BCUT2D eigenvalue weighted by Gasteiger charge is -2.24. The van der Waals surface area contributed by atoms with Crippen LogP contribution in [0.15, 0.2) is 0 Å². The Balaban J connectivity index is 1.68. The van der Waals surface area contributed by atoms with Crippen molar-refractivity contribution in [3.8, 4) is 0 Å². The van der Waals surface area contributed by atoms with Crippen LogP contribution in [0.1, 0.15) is 18.7 Å². The van der Waals surface area contributed by atoms with Gasteiger partial charge in [-0.05, 0) is 25.3 Å². The predicted octanol–water partition coefficient (Wildman–Crippen LogP) is 0.139. The summed E-state index contributed by atoms with van der Waals surface area (Å²) in [6, 6.07) is 0.619. The van der Waals surface area contributed by atoms with Crippen molar-refractivity contribution in [2.24, 2.45) is 5.92 Å². The molecule has 3 rings (SSSR count). The molecule has 6 nitrogen and oxygen atoms in total. The van der Waals surface area contributed by atoms with Crippen LogP contribution >= 0.6 is 0 Å². The first-order valence-electron chi connectivity index (χ1n) is 6.25. The molecule has 2 aliphatic rings. The molecule has 2 atom stereocenters. The van der Waals surface area contributed by atoms with Gasteiger partial charge in [-0.25, -0.2) is 0 Å². The maximum Gasteiger partial charge on any atom is 0.244 e. The molecule has 17 heavy (non-hydrogen) atoms. The number of piperidine rings is 1. The second-order valence-electron chi connectivity index (χ2n) is 4.88. The third-order valence-electron chi connectivity index (χ3n) is 3.68. The largest absolute Gasteiger partial charge is 0.377 e. The van der Waals surface area contributed by atoms with Gasteiger partial charge in [-0.2, -0.15) is 4.98 Å². The molecule has 0 amide bonds. The second-order valence-corrected chi connectivity index (χ2v) is 4.88. The van der Waals surface area contributed by atoms with E-state index < -0.39 is 0 Å². The molecule has 6 heteroatoms. The number of nitrogens with one attached hydrogen (secondary N) is 2. The molecule has 3 heterocycles. The Morgan fingerprint density at radius 1 is 1.47 bits per heavy atom. The van der Waals surface area contributed by atoms with Crippen molar-refractivity contribution in [2.45, 2.75) is 25.5 Å². The van der Waals surface area contributed by atoms with Crippen LogP contribution in [0.4, 0.5) is 5.95 Å². The number of rotatable bonds is 3. The first-order chi connectivity index (χ1) is 8.36. The average Bonchev–Trinajstić information content (AvgIpc) is 2.94. The summed E-state index contributed by atoms with van der Waals surface area (Å²) in [5.41, 5.74) is 0. The van der Waals surface area contributed by atoms with E-state index >= 15 is 0 Å². The zero-order valence-corrected chi connectivity index (χ0v) is 10.1. The lowest BCUT2D eigenvalue weighted by molar-refractivity contribution is 0.178. The molecule has 0 saturated carbocycles. The molecule has 2 N–H and O–H groups in total. The summed E-state index contributed by atoms with van der Waals surface area (Å²) in [6.45, 7) is 3.74. The van der Waals surface area contributed by atoms with E-state index in [1.165, 1.54) is 12.8 Å². The molecule has 0 aromatic carbocycles. The highest BCUT2D eigenvalue weighted by atomic mass is 16.5.